The highest BCUT2D eigenvalue weighted by molar-refractivity contribution is 9.14. The summed E-state index contributed by atoms with van der Waals surface area (Å²) in [5.41, 5.74) is 1.00. The Labute approximate surface area is 266 Å². The van der Waals surface area contributed by atoms with Crippen LogP contribution < -0.4 is 4.74 Å². The van der Waals surface area contributed by atoms with Gasteiger partial charge in [-0.1, -0.05) is 30.0 Å². The number of nitrogens with zero attached hydrogens (tertiary/aromatic N) is 4. The van der Waals surface area contributed by atoms with E-state index in [0.29, 0.717) is 44.9 Å². The fourth-order valence-corrected chi connectivity index (χ4v) is 8.79. The second kappa shape index (κ2) is 12.7. The number of piperazine rings is 1. The van der Waals surface area contributed by atoms with Crippen molar-refractivity contribution in [3.8, 4) is 5.75 Å². The van der Waals surface area contributed by atoms with Gasteiger partial charge in [-0.3, -0.25) is 14.5 Å². The number of imide groups is 1. The predicted octanol–water partition coefficient (Wildman–Crippen LogP) is 4.21. The van der Waals surface area contributed by atoms with Crippen molar-refractivity contribution in [3.63, 3.8) is 0 Å². The molecule has 10 nitrogen and oxygen atoms in total. The molecule has 4 heterocycles. The number of likely N-dealkylation sites (N-methyl/N-ethyl adjacent to an activating group) is 1. The Kier molecular flexibility index (Phi) is 9.13. The lowest BCUT2D eigenvalue weighted by molar-refractivity contribution is -0.142. The van der Waals surface area contributed by atoms with Crippen molar-refractivity contribution in [1.82, 2.24) is 19.6 Å². The molecule has 0 bridgehead atoms. The number of ether oxygens (including phenoxy) is 3. The van der Waals surface area contributed by atoms with E-state index in [1.54, 1.807) is 7.11 Å². The quantitative estimate of drug-likeness (QED) is 0.384. The molecule has 43 heavy (non-hydrogen) atoms. The third-order valence-electron chi connectivity index (χ3n) is 9.53. The summed E-state index contributed by atoms with van der Waals surface area (Å²) in [5.74, 6) is 0.0200. The molecule has 4 amide bonds. The summed E-state index contributed by atoms with van der Waals surface area (Å²) >= 11 is 5.17. The van der Waals surface area contributed by atoms with Gasteiger partial charge in [-0.2, -0.15) is 0 Å². The van der Waals surface area contributed by atoms with Crippen molar-refractivity contribution in [2.24, 2.45) is 5.92 Å². The fourth-order valence-electron chi connectivity index (χ4n) is 6.69. The largest absolute Gasteiger partial charge is 0.496 e. The first-order valence-corrected chi connectivity index (χ1v) is 16.9. The third-order valence-corrected chi connectivity index (χ3v) is 12.0. The van der Waals surface area contributed by atoms with Crippen molar-refractivity contribution in [2.75, 3.05) is 60.1 Å². The first kappa shape index (κ1) is 30.9. The molecule has 1 aromatic rings. The zero-order chi connectivity index (χ0) is 30.3. The van der Waals surface area contributed by atoms with Gasteiger partial charge < -0.3 is 28.9 Å². The highest BCUT2D eigenvalue weighted by Crippen LogP contribution is 2.54. The maximum Gasteiger partial charge on any atom is 0.328 e. The Morgan fingerprint density at radius 2 is 1.84 bits per heavy atom. The molecule has 5 aliphatic rings. The minimum Gasteiger partial charge on any atom is -0.496 e. The van der Waals surface area contributed by atoms with Gasteiger partial charge >= 0.3 is 6.03 Å². The first-order chi connectivity index (χ1) is 20.7. The number of thioether (sulfide) groups is 1. The molecule has 0 aromatic heterocycles. The van der Waals surface area contributed by atoms with Crippen LogP contribution in [0.4, 0.5) is 4.79 Å². The zero-order valence-electron chi connectivity index (χ0n) is 25.1. The molecule has 1 saturated carbocycles. The topological polar surface area (TPSA) is 91.9 Å². The molecule has 4 fully saturated rings. The Bertz CT molecular complexity index is 1280. The van der Waals surface area contributed by atoms with Crippen LogP contribution in [0.3, 0.4) is 0 Å². The van der Waals surface area contributed by atoms with Gasteiger partial charge in [0, 0.05) is 45.0 Å². The van der Waals surface area contributed by atoms with Gasteiger partial charge in [0.15, 0.2) is 0 Å². The van der Waals surface area contributed by atoms with E-state index in [1.807, 2.05) is 41.0 Å². The first-order valence-electron chi connectivity index (χ1n) is 15.2. The van der Waals surface area contributed by atoms with Gasteiger partial charge in [-0.05, 0) is 67.2 Å². The molecule has 0 spiro atoms. The molecule has 12 heteroatoms. The summed E-state index contributed by atoms with van der Waals surface area (Å²) in [6.07, 6.45) is 2.51. The number of fused-ring (bicyclic) bond motifs is 1. The summed E-state index contributed by atoms with van der Waals surface area (Å²) in [7, 11) is 3.69. The minimum absolute atomic E-state index is 0.0175. The standard InChI is InChI=1S/C31H41BrN4O6S/c1-20-26-28(38)36(31(10-11-31)18-25(37)34-14-12-33(2)13-15-34)30(39)35(29(26)43-27(20)32)19-24(42-21-8-16-41-17-9-21)22-6-4-5-7-23(22)40-3/h4-7,21,24,26,29H,8-19H2,1-3H3. The maximum absolute atomic E-state index is 14.5. The molecule has 3 saturated heterocycles. The molecule has 4 aliphatic heterocycles. The lowest BCUT2D eigenvalue weighted by atomic mass is 9.94. The molecule has 1 aliphatic carbocycles. The fraction of sp³-hybridized carbons (Fsp3) is 0.645. The Morgan fingerprint density at radius 3 is 2.51 bits per heavy atom. The van der Waals surface area contributed by atoms with Crippen LogP contribution in [0.1, 0.15) is 50.7 Å². The highest BCUT2D eigenvalue weighted by atomic mass is 79.9. The second-order valence-corrected chi connectivity index (χ2v) is 14.8. The van der Waals surface area contributed by atoms with Gasteiger partial charge in [0.2, 0.25) is 11.8 Å². The Balaban J connectivity index is 1.30. The van der Waals surface area contributed by atoms with E-state index in [1.165, 1.54) is 16.7 Å². The molecular weight excluding hydrogens is 636 g/mol. The summed E-state index contributed by atoms with van der Waals surface area (Å²) in [6, 6.07) is 7.41. The lowest BCUT2D eigenvalue weighted by Gasteiger charge is -2.46. The summed E-state index contributed by atoms with van der Waals surface area (Å²) in [4.78, 5) is 49.6. The molecule has 3 unspecified atom stereocenters. The number of para-hydroxylation sites is 1. The van der Waals surface area contributed by atoms with E-state index in [-0.39, 0.29) is 36.9 Å². The van der Waals surface area contributed by atoms with Crippen molar-refractivity contribution in [1.29, 1.82) is 0 Å². The number of hydrogen-bond donors (Lipinski definition) is 0. The van der Waals surface area contributed by atoms with Crippen molar-refractivity contribution < 1.29 is 28.6 Å². The minimum atomic E-state index is -0.778. The van der Waals surface area contributed by atoms with Crippen LogP contribution in [0.2, 0.25) is 0 Å². The van der Waals surface area contributed by atoms with Gasteiger partial charge in [0.25, 0.3) is 0 Å². The number of amides is 4. The molecule has 6 rings (SSSR count). The van der Waals surface area contributed by atoms with Crippen LogP contribution in [0.15, 0.2) is 33.7 Å². The van der Waals surface area contributed by atoms with Crippen LogP contribution in [-0.4, -0.2) is 115 Å². The van der Waals surface area contributed by atoms with Gasteiger partial charge in [-0.25, -0.2) is 4.79 Å². The molecule has 3 atom stereocenters. The van der Waals surface area contributed by atoms with E-state index in [0.717, 1.165) is 40.9 Å². The highest BCUT2D eigenvalue weighted by Gasteiger charge is 2.62. The number of benzene rings is 1. The molecular formula is C31H41BrN4O6S. The second-order valence-electron chi connectivity index (χ2n) is 12.3. The van der Waals surface area contributed by atoms with Crippen LogP contribution in [0.5, 0.6) is 5.75 Å². The Morgan fingerprint density at radius 1 is 1.14 bits per heavy atom. The molecule has 0 radical (unpaired) electrons. The van der Waals surface area contributed by atoms with Gasteiger partial charge in [-0.15, -0.1) is 0 Å². The monoisotopic (exact) mass is 676 g/mol. The van der Waals surface area contributed by atoms with Gasteiger partial charge in [0.1, 0.15) is 17.2 Å². The zero-order valence-corrected chi connectivity index (χ0v) is 27.5. The average Bonchev–Trinajstić information content (AvgIpc) is 3.71. The smallest absolute Gasteiger partial charge is 0.328 e. The van der Waals surface area contributed by atoms with Crippen molar-refractivity contribution >= 4 is 45.5 Å². The van der Waals surface area contributed by atoms with Crippen LogP contribution in [-0.2, 0) is 19.1 Å². The summed E-state index contributed by atoms with van der Waals surface area (Å²) in [6.45, 7) is 6.46. The SMILES string of the molecule is COc1ccccc1C(CN1C(=O)N(C2(CC(=O)N3CCN(C)CC3)CC2)C(=O)C2C(C)=C(Br)SC21)OC1CCOCC1. The predicted molar refractivity (Wildman–Crippen MR) is 167 cm³/mol. The van der Waals surface area contributed by atoms with E-state index < -0.39 is 22.9 Å². The third kappa shape index (κ3) is 6.10. The van der Waals surface area contributed by atoms with Crippen LogP contribution in [0, 0.1) is 5.92 Å². The number of rotatable bonds is 9. The normalized spacial score (nSPS) is 27.0. The van der Waals surface area contributed by atoms with Crippen LogP contribution in [0.25, 0.3) is 0 Å². The van der Waals surface area contributed by atoms with Gasteiger partial charge in [0.05, 0.1) is 41.5 Å². The van der Waals surface area contributed by atoms with E-state index in [2.05, 4.69) is 27.9 Å². The summed E-state index contributed by atoms with van der Waals surface area (Å²) in [5, 5.41) is -0.398. The molecule has 234 valence electrons. The number of methoxy groups -OCH3 is 1. The maximum atomic E-state index is 14.5. The number of carbonyl (C=O) groups excluding carboxylic acids is 3. The van der Waals surface area contributed by atoms with E-state index >= 15 is 0 Å². The lowest BCUT2D eigenvalue weighted by Crippen LogP contribution is -2.64. The number of hydrogen-bond acceptors (Lipinski definition) is 8. The van der Waals surface area contributed by atoms with Crippen molar-refractivity contribution in [2.45, 2.75) is 62.1 Å². The van der Waals surface area contributed by atoms with Crippen LogP contribution >= 0.6 is 27.7 Å². The number of halogens is 1. The number of carbonyl (C=O) groups is 3. The van der Waals surface area contributed by atoms with Crippen molar-refractivity contribution in [3.05, 3.63) is 39.2 Å². The average molecular weight is 678 g/mol. The van der Waals surface area contributed by atoms with E-state index in [4.69, 9.17) is 14.2 Å². The van der Waals surface area contributed by atoms with E-state index in [9.17, 15) is 14.4 Å². The number of urea groups is 1. The molecule has 1 aromatic carbocycles. The summed E-state index contributed by atoms with van der Waals surface area (Å²) < 4.78 is 18.9. The molecule has 0 N–H and O–H groups in total. The Hall–Kier alpha value is -2.12.